The molecule has 5 nitrogen and oxygen atoms in total. The molecule has 2 heterocycles. The van der Waals surface area contributed by atoms with Crippen molar-refractivity contribution in [3.05, 3.63) is 18.5 Å². The number of ether oxygens (including phenoxy) is 2. The summed E-state index contributed by atoms with van der Waals surface area (Å²) in [6.07, 6.45) is 4.06. The van der Waals surface area contributed by atoms with Crippen LogP contribution in [0.4, 0.5) is 0 Å². The number of rotatable bonds is 4. The van der Waals surface area contributed by atoms with E-state index in [9.17, 15) is 0 Å². The van der Waals surface area contributed by atoms with Crippen LogP contribution in [0.3, 0.4) is 0 Å². The van der Waals surface area contributed by atoms with Gasteiger partial charge in [0.15, 0.2) is 0 Å². The molecular formula is C9H12BNO4. The van der Waals surface area contributed by atoms with Gasteiger partial charge in [0.05, 0.1) is 12.3 Å². The molecule has 1 unspecified atom stereocenters. The summed E-state index contributed by atoms with van der Waals surface area (Å²) in [6, 6.07) is 1.52. The zero-order chi connectivity index (χ0) is 10.7. The third-order valence-electron chi connectivity index (χ3n) is 2.31. The topological polar surface area (TPSA) is 71.8 Å². The first-order valence-electron chi connectivity index (χ1n) is 4.82. The molecule has 6 heteroatoms. The molecular weight excluding hydrogens is 197 g/mol. The minimum Gasteiger partial charge on any atom is -0.490 e. The first-order chi connectivity index (χ1) is 7.27. The van der Waals surface area contributed by atoms with Crippen LogP contribution >= 0.6 is 0 Å². The molecule has 0 amide bonds. The fourth-order valence-corrected chi connectivity index (χ4v) is 1.32. The quantitative estimate of drug-likeness (QED) is 0.617. The summed E-state index contributed by atoms with van der Waals surface area (Å²) in [4.78, 5) is 3.86. The molecule has 0 bridgehead atoms. The zero-order valence-corrected chi connectivity index (χ0v) is 8.17. The van der Waals surface area contributed by atoms with Gasteiger partial charge in [-0.1, -0.05) is 0 Å². The van der Waals surface area contributed by atoms with Crippen molar-refractivity contribution < 1.29 is 19.5 Å². The third kappa shape index (κ3) is 2.47. The van der Waals surface area contributed by atoms with E-state index in [1.807, 2.05) is 0 Å². The van der Waals surface area contributed by atoms with E-state index in [0.717, 1.165) is 13.0 Å². The fourth-order valence-electron chi connectivity index (χ4n) is 1.32. The van der Waals surface area contributed by atoms with Gasteiger partial charge in [0.2, 0.25) is 0 Å². The van der Waals surface area contributed by atoms with Crippen LogP contribution in [0.15, 0.2) is 18.5 Å². The van der Waals surface area contributed by atoms with Gasteiger partial charge in [-0.3, -0.25) is 4.98 Å². The van der Waals surface area contributed by atoms with Crippen LogP contribution in [0.5, 0.6) is 5.75 Å². The highest BCUT2D eigenvalue weighted by Crippen LogP contribution is 2.13. The summed E-state index contributed by atoms with van der Waals surface area (Å²) in [5.41, 5.74) is 0.323. The Morgan fingerprint density at radius 3 is 3.00 bits per heavy atom. The normalized spacial score (nSPS) is 19.5. The molecule has 1 aliphatic rings. The maximum absolute atomic E-state index is 9.06. The average molecular weight is 209 g/mol. The molecule has 1 aromatic rings. The van der Waals surface area contributed by atoms with Crippen LogP contribution in [0.1, 0.15) is 6.42 Å². The minimum absolute atomic E-state index is 0.119. The Morgan fingerprint density at radius 2 is 2.40 bits per heavy atom. The number of hydrogen-bond acceptors (Lipinski definition) is 5. The Labute approximate surface area is 87.8 Å². The standard InChI is InChI=1S/C9H12BNO4/c12-10(13)8-1-3-11-5-9(8)15-6-7-2-4-14-7/h1,3,5,7,12-13H,2,4,6H2. The van der Waals surface area contributed by atoms with E-state index in [0.29, 0.717) is 17.8 Å². The van der Waals surface area contributed by atoms with Gasteiger partial charge in [0, 0.05) is 24.7 Å². The molecule has 1 saturated heterocycles. The average Bonchev–Trinajstić information content (AvgIpc) is 2.16. The highest BCUT2D eigenvalue weighted by Gasteiger charge is 2.21. The lowest BCUT2D eigenvalue weighted by Gasteiger charge is -2.26. The molecule has 15 heavy (non-hydrogen) atoms. The largest absolute Gasteiger partial charge is 0.492 e. The van der Waals surface area contributed by atoms with E-state index in [-0.39, 0.29) is 6.10 Å². The lowest BCUT2D eigenvalue weighted by atomic mass is 9.80. The molecule has 0 aliphatic carbocycles. The van der Waals surface area contributed by atoms with Gasteiger partial charge in [-0.25, -0.2) is 0 Å². The highest BCUT2D eigenvalue weighted by molar-refractivity contribution is 6.59. The van der Waals surface area contributed by atoms with Gasteiger partial charge in [-0.2, -0.15) is 0 Å². The van der Waals surface area contributed by atoms with Crippen LogP contribution in [0.25, 0.3) is 0 Å². The van der Waals surface area contributed by atoms with Gasteiger partial charge >= 0.3 is 7.12 Å². The Balaban J connectivity index is 1.99. The van der Waals surface area contributed by atoms with Crippen molar-refractivity contribution in [1.82, 2.24) is 4.98 Å². The van der Waals surface area contributed by atoms with E-state index in [4.69, 9.17) is 19.5 Å². The number of pyridine rings is 1. The van der Waals surface area contributed by atoms with E-state index in [1.54, 1.807) is 0 Å². The number of nitrogens with zero attached hydrogens (tertiary/aromatic N) is 1. The van der Waals surface area contributed by atoms with Crippen LogP contribution < -0.4 is 10.2 Å². The van der Waals surface area contributed by atoms with E-state index in [1.165, 1.54) is 18.5 Å². The molecule has 1 fully saturated rings. The summed E-state index contributed by atoms with van der Waals surface area (Å²) >= 11 is 0. The summed E-state index contributed by atoms with van der Waals surface area (Å²) < 4.78 is 10.6. The maximum atomic E-state index is 9.06. The van der Waals surface area contributed by atoms with E-state index < -0.39 is 7.12 Å². The van der Waals surface area contributed by atoms with Crippen molar-refractivity contribution in [2.24, 2.45) is 0 Å². The second-order valence-electron chi connectivity index (χ2n) is 3.38. The first-order valence-corrected chi connectivity index (χ1v) is 4.82. The molecule has 1 atom stereocenters. The second kappa shape index (κ2) is 4.61. The van der Waals surface area contributed by atoms with Crippen molar-refractivity contribution in [2.45, 2.75) is 12.5 Å². The second-order valence-corrected chi connectivity index (χ2v) is 3.38. The summed E-state index contributed by atoms with van der Waals surface area (Å²) in [5, 5.41) is 18.1. The summed E-state index contributed by atoms with van der Waals surface area (Å²) in [7, 11) is -1.54. The number of hydrogen-bond donors (Lipinski definition) is 2. The van der Waals surface area contributed by atoms with Crippen molar-refractivity contribution in [3.63, 3.8) is 0 Å². The minimum atomic E-state index is -1.54. The van der Waals surface area contributed by atoms with Crippen molar-refractivity contribution >= 4 is 12.6 Å². The van der Waals surface area contributed by atoms with E-state index in [2.05, 4.69) is 4.98 Å². The highest BCUT2D eigenvalue weighted by atomic mass is 16.5. The monoisotopic (exact) mass is 209 g/mol. The van der Waals surface area contributed by atoms with Gasteiger partial charge in [-0.05, 0) is 6.07 Å². The maximum Gasteiger partial charge on any atom is 0.492 e. The van der Waals surface area contributed by atoms with Crippen molar-refractivity contribution in [3.8, 4) is 5.75 Å². The van der Waals surface area contributed by atoms with E-state index >= 15 is 0 Å². The lowest BCUT2D eigenvalue weighted by molar-refractivity contribution is -0.0720. The fraction of sp³-hybridized carbons (Fsp3) is 0.444. The molecule has 1 aliphatic heterocycles. The predicted molar refractivity (Wildman–Crippen MR) is 53.9 cm³/mol. The van der Waals surface area contributed by atoms with Crippen LogP contribution in [0, 0.1) is 0 Å². The lowest BCUT2D eigenvalue weighted by Crippen LogP contribution is -2.36. The number of aromatic nitrogens is 1. The first kappa shape index (κ1) is 10.4. The van der Waals surface area contributed by atoms with Gasteiger partial charge < -0.3 is 19.5 Å². The molecule has 2 N–H and O–H groups in total. The van der Waals surface area contributed by atoms with Crippen LogP contribution in [-0.4, -0.2) is 41.5 Å². The van der Waals surface area contributed by atoms with Gasteiger partial charge in [-0.15, -0.1) is 0 Å². The molecule has 0 spiro atoms. The Kier molecular flexibility index (Phi) is 3.20. The Hall–Kier alpha value is -1.11. The summed E-state index contributed by atoms with van der Waals surface area (Å²) in [6.45, 7) is 1.20. The Morgan fingerprint density at radius 1 is 1.60 bits per heavy atom. The SMILES string of the molecule is OB(O)c1ccncc1OCC1CCO1. The van der Waals surface area contributed by atoms with Crippen molar-refractivity contribution in [2.75, 3.05) is 13.2 Å². The van der Waals surface area contributed by atoms with Crippen LogP contribution in [-0.2, 0) is 4.74 Å². The van der Waals surface area contributed by atoms with Crippen molar-refractivity contribution in [1.29, 1.82) is 0 Å². The molecule has 0 aromatic carbocycles. The van der Waals surface area contributed by atoms with Gasteiger partial charge in [0.1, 0.15) is 12.4 Å². The van der Waals surface area contributed by atoms with Gasteiger partial charge in [0.25, 0.3) is 0 Å². The molecule has 80 valence electrons. The zero-order valence-electron chi connectivity index (χ0n) is 8.17. The van der Waals surface area contributed by atoms with Crippen LogP contribution in [0.2, 0.25) is 0 Å². The summed E-state index contributed by atoms with van der Waals surface area (Å²) in [5.74, 6) is 0.392. The smallest absolute Gasteiger partial charge is 0.490 e. The molecule has 1 aromatic heterocycles. The predicted octanol–water partition coefficient (Wildman–Crippen LogP) is -1.07. The molecule has 2 rings (SSSR count). The Bertz CT molecular complexity index is 330. The molecule has 0 radical (unpaired) electrons. The third-order valence-corrected chi connectivity index (χ3v) is 2.31. The molecule has 0 saturated carbocycles.